The second-order valence-electron chi connectivity index (χ2n) is 10.1. The molecule has 0 spiro atoms. The molecule has 0 aliphatic heterocycles. The topological polar surface area (TPSA) is 113 Å². The Hall–Kier alpha value is -3.73. The first kappa shape index (κ1) is 28.3. The van der Waals surface area contributed by atoms with Crippen molar-refractivity contribution in [2.75, 3.05) is 7.11 Å². The summed E-state index contributed by atoms with van der Waals surface area (Å²) < 4.78 is 8.20. The molecule has 1 aromatic carbocycles. The normalized spacial score (nSPS) is 12.6. The van der Waals surface area contributed by atoms with Crippen molar-refractivity contribution in [3.05, 3.63) is 68.6 Å². The van der Waals surface area contributed by atoms with Gasteiger partial charge in [0.05, 0.1) is 24.9 Å². The fourth-order valence-corrected chi connectivity index (χ4v) is 6.10. The molecule has 1 atom stereocenters. The number of para-hydroxylation sites is 1. The maximum Gasteiger partial charge on any atom is 0.333 e. The zero-order chi connectivity index (χ0) is 28.3. The van der Waals surface area contributed by atoms with Gasteiger partial charge < -0.3 is 10.1 Å². The lowest BCUT2D eigenvalue weighted by Gasteiger charge is -2.29. The summed E-state index contributed by atoms with van der Waals surface area (Å²) in [6.45, 7) is 9.42. The van der Waals surface area contributed by atoms with Crippen LogP contribution in [0, 0.1) is 6.92 Å². The molecule has 3 heterocycles. The number of ether oxygens (including phenoxy) is 1. The number of rotatable bonds is 11. The lowest BCUT2D eigenvalue weighted by molar-refractivity contribution is -0.129. The van der Waals surface area contributed by atoms with Gasteiger partial charge in [0.2, 0.25) is 5.91 Å². The second kappa shape index (κ2) is 11.6. The predicted octanol–water partition coefficient (Wildman–Crippen LogP) is 3.80. The molecule has 1 unspecified atom stereocenters. The lowest BCUT2D eigenvalue weighted by Crippen LogP contribution is -2.57. The van der Waals surface area contributed by atoms with E-state index in [1.807, 2.05) is 38.1 Å². The van der Waals surface area contributed by atoms with Crippen molar-refractivity contribution in [2.45, 2.75) is 78.4 Å². The molecular weight excluding hydrogens is 516 g/mol. The van der Waals surface area contributed by atoms with E-state index in [9.17, 15) is 14.4 Å². The fourth-order valence-electron chi connectivity index (χ4n) is 4.87. The third-order valence-electron chi connectivity index (χ3n) is 7.16. The summed E-state index contributed by atoms with van der Waals surface area (Å²) in [5.41, 5.74) is -0.868. The van der Waals surface area contributed by atoms with Gasteiger partial charge in [-0.3, -0.25) is 14.2 Å². The second-order valence-corrected chi connectivity index (χ2v) is 11.1. The Morgan fingerprint density at radius 2 is 1.85 bits per heavy atom. The van der Waals surface area contributed by atoms with Crippen LogP contribution >= 0.6 is 11.3 Å². The van der Waals surface area contributed by atoms with Crippen molar-refractivity contribution in [2.24, 2.45) is 0 Å². The molecule has 39 heavy (non-hydrogen) atoms. The molecule has 0 radical (unpaired) electrons. The van der Waals surface area contributed by atoms with Crippen molar-refractivity contribution >= 4 is 27.5 Å². The number of nitrogens with zero attached hydrogens (tertiary/aromatic N) is 5. The van der Waals surface area contributed by atoms with Gasteiger partial charge in [0.1, 0.15) is 21.1 Å². The van der Waals surface area contributed by atoms with Crippen LogP contribution in [0.5, 0.6) is 5.75 Å². The summed E-state index contributed by atoms with van der Waals surface area (Å²) in [5, 5.41) is 12.6. The molecule has 3 aromatic heterocycles. The van der Waals surface area contributed by atoms with Crippen LogP contribution in [0.4, 0.5) is 0 Å². The number of methoxy groups -OCH3 is 1. The van der Waals surface area contributed by atoms with E-state index in [2.05, 4.69) is 22.4 Å². The van der Waals surface area contributed by atoms with Gasteiger partial charge in [-0.2, -0.15) is 10.2 Å². The van der Waals surface area contributed by atoms with Crippen LogP contribution < -0.4 is 21.3 Å². The molecule has 10 nitrogen and oxygen atoms in total. The maximum absolute atomic E-state index is 14.1. The average Bonchev–Trinajstić information content (AvgIpc) is 3.56. The summed E-state index contributed by atoms with van der Waals surface area (Å²) in [6, 6.07) is 7.60. The first-order valence-corrected chi connectivity index (χ1v) is 14.1. The summed E-state index contributed by atoms with van der Waals surface area (Å²) in [6.07, 6.45) is 6.11. The van der Waals surface area contributed by atoms with Crippen LogP contribution in [0.3, 0.4) is 0 Å². The Bertz CT molecular complexity index is 1580. The minimum atomic E-state index is -1.42. The van der Waals surface area contributed by atoms with Crippen molar-refractivity contribution in [1.29, 1.82) is 0 Å². The minimum absolute atomic E-state index is 0.0330. The van der Waals surface area contributed by atoms with Crippen LogP contribution in [0.1, 0.15) is 58.1 Å². The molecule has 0 aliphatic carbocycles. The Balaban J connectivity index is 1.91. The first-order valence-electron chi connectivity index (χ1n) is 13.2. The van der Waals surface area contributed by atoms with Crippen LogP contribution in [-0.2, 0) is 23.3 Å². The number of fused-ring (bicyclic) bond motifs is 1. The average molecular weight is 553 g/mol. The number of thiophene rings is 1. The fraction of sp³-hybridized carbons (Fsp3) is 0.464. The molecule has 208 valence electrons. The van der Waals surface area contributed by atoms with Crippen LogP contribution in [0.25, 0.3) is 15.2 Å². The number of hydrogen-bond acceptors (Lipinski definition) is 7. The summed E-state index contributed by atoms with van der Waals surface area (Å²) >= 11 is 1.29. The highest BCUT2D eigenvalue weighted by Gasteiger charge is 2.36. The molecule has 4 rings (SSSR count). The third-order valence-corrected chi connectivity index (χ3v) is 8.45. The smallest absolute Gasteiger partial charge is 0.333 e. The van der Waals surface area contributed by atoms with Crippen molar-refractivity contribution < 1.29 is 9.53 Å². The largest absolute Gasteiger partial charge is 0.496 e. The van der Waals surface area contributed by atoms with Gasteiger partial charge in [0.15, 0.2) is 0 Å². The van der Waals surface area contributed by atoms with Crippen LogP contribution in [0.2, 0.25) is 0 Å². The SMILES string of the molecule is CCCC(CC)NC(=O)C(C)(C)n1c(=O)c2c(C)c(-n3nccn3)sc2n(CCc2ccccc2OC)c1=O. The monoisotopic (exact) mass is 552 g/mol. The van der Waals surface area contributed by atoms with Gasteiger partial charge in [0, 0.05) is 18.2 Å². The first-order chi connectivity index (χ1) is 18.6. The van der Waals surface area contributed by atoms with Crippen molar-refractivity contribution in [3.63, 3.8) is 0 Å². The standard InChI is InChI=1S/C28H36N6O4S/c1-7-11-20(8-2)31-26(36)28(4,5)33-23(35)22-18(3)24(34-29-15-16-30-34)39-25(22)32(27(33)37)17-14-19-12-9-10-13-21(19)38-6/h9-10,12-13,15-16,20H,7-8,11,14,17H2,1-6H3,(H,31,36). The quantitative estimate of drug-likeness (QED) is 0.303. The third kappa shape index (κ3) is 5.27. The highest BCUT2D eigenvalue weighted by molar-refractivity contribution is 7.21. The number of amides is 1. The molecule has 0 aliphatic rings. The Kier molecular flexibility index (Phi) is 8.39. The van der Waals surface area contributed by atoms with E-state index in [0.29, 0.717) is 27.2 Å². The zero-order valence-corrected chi connectivity index (χ0v) is 24.2. The molecule has 0 fully saturated rings. The van der Waals surface area contributed by atoms with E-state index in [1.165, 1.54) is 16.1 Å². The molecule has 1 amide bonds. The van der Waals surface area contributed by atoms with Gasteiger partial charge in [-0.15, -0.1) is 4.80 Å². The number of carbonyl (C=O) groups is 1. The number of benzene rings is 1. The zero-order valence-electron chi connectivity index (χ0n) is 23.4. The molecule has 4 aromatic rings. The van der Waals surface area contributed by atoms with E-state index < -0.39 is 16.8 Å². The van der Waals surface area contributed by atoms with E-state index in [0.717, 1.165) is 35.1 Å². The Morgan fingerprint density at radius 1 is 1.15 bits per heavy atom. The Morgan fingerprint density at radius 3 is 2.49 bits per heavy atom. The van der Waals surface area contributed by atoms with Gasteiger partial charge in [-0.05, 0) is 51.7 Å². The predicted molar refractivity (Wildman–Crippen MR) is 153 cm³/mol. The number of aromatic nitrogens is 5. The molecule has 0 saturated carbocycles. The summed E-state index contributed by atoms with van der Waals surface area (Å²) in [5.74, 6) is 0.361. The lowest BCUT2D eigenvalue weighted by atomic mass is 10.0. The number of hydrogen-bond donors (Lipinski definition) is 1. The molecule has 0 bridgehead atoms. The van der Waals surface area contributed by atoms with Gasteiger partial charge in [-0.25, -0.2) is 9.36 Å². The van der Waals surface area contributed by atoms with E-state index in [1.54, 1.807) is 37.9 Å². The summed E-state index contributed by atoms with van der Waals surface area (Å²) in [4.78, 5) is 43.6. The highest BCUT2D eigenvalue weighted by atomic mass is 32.1. The number of carbonyl (C=O) groups excluding carboxylic acids is 1. The van der Waals surface area contributed by atoms with Gasteiger partial charge in [-0.1, -0.05) is 49.8 Å². The maximum atomic E-state index is 14.1. The minimum Gasteiger partial charge on any atom is -0.496 e. The van der Waals surface area contributed by atoms with Gasteiger partial charge in [0.25, 0.3) is 5.56 Å². The highest BCUT2D eigenvalue weighted by Crippen LogP contribution is 2.31. The molecular formula is C28H36N6O4S. The van der Waals surface area contributed by atoms with E-state index in [4.69, 9.17) is 4.74 Å². The van der Waals surface area contributed by atoms with Crippen molar-refractivity contribution in [1.82, 2.24) is 29.4 Å². The van der Waals surface area contributed by atoms with Crippen LogP contribution in [0.15, 0.2) is 46.2 Å². The number of nitrogens with one attached hydrogen (secondary N) is 1. The molecule has 11 heteroatoms. The Labute approximate surface area is 231 Å². The molecule has 0 saturated heterocycles. The van der Waals surface area contributed by atoms with Crippen molar-refractivity contribution in [3.8, 4) is 10.8 Å². The summed E-state index contributed by atoms with van der Waals surface area (Å²) in [7, 11) is 1.61. The van der Waals surface area contributed by atoms with E-state index in [-0.39, 0.29) is 18.5 Å². The molecule has 1 N–H and O–H groups in total. The van der Waals surface area contributed by atoms with E-state index >= 15 is 0 Å². The van der Waals surface area contributed by atoms with Gasteiger partial charge >= 0.3 is 5.69 Å². The number of aryl methyl sites for hydroxylation is 3. The van der Waals surface area contributed by atoms with Crippen LogP contribution in [-0.4, -0.2) is 43.2 Å².